The van der Waals surface area contributed by atoms with Crippen molar-refractivity contribution in [2.45, 2.75) is 316 Å². The molecular weight excluding hydrogens is 1100 g/mol. The minimum absolute atomic E-state index is 0.147. The Morgan fingerprint density at radius 2 is 0.307 bits per heavy atom. The van der Waals surface area contributed by atoms with E-state index >= 15 is 4.91 Å². The van der Waals surface area contributed by atoms with Gasteiger partial charge in [-0.25, -0.2) is 0 Å². The van der Waals surface area contributed by atoms with Gasteiger partial charge in [-0.1, -0.05) is 270 Å². The summed E-state index contributed by atoms with van der Waals surface area (Å²) in [5.41, 5.74) is 24.2. The summed E-state index contributed by atoms with van der Waals surface area (Å²) in [7, 11) is -2.32. The minimum atomic E-state index is -1.16. The first kappa shape index (κ1) is 72.8. The second kappa shape index (κ2) is 29.6. The Balaban J connectivity index is 1.86. The van der Waals surface area contributed by atoms with Crippen molar-refractivity contribution < 1.29 is 0 Å². The Bertz CT molecular complexity index is 2870. The second-order valence-electron chi connectivity index (χ2n) is 31.6. The maximum absolute atomic E-state index is 16.5. The molecule has 88 heavy (non-hydrogen) atoms. The molecule has 0 radical (unpaired) electrons. The van der Waals surface area contributed by atoms with E-state index in [1.807, 2.05) is 0 Å². The van der Waals surface area contributed by atoms with Crippen molar-refractivity contribution >= 4 is 59.0 Å². The highest BCUT2D eigenvalue weighted by atomic mass is 31.1. The first-order valence-corrected chi connectivity index (χ1v) is 37.7. The lowest BCUT2D eigenvalue weighted by Crippen LogP contribution is -2.35. The average Bonchev–Trinajstić information content (AvgIpc) is 3.43. The molecule has 0 heterocycles. The van der Waals surface area contributed by atoms with Gasteiger partial charge in [-0.3, -0.25) is 0 Å². The number of nitroso groups, excluding NO2 is 1. The molecule has 0 aliphatic heterocycles. The Morgan fingerprint density at radius 1 is 0.193 bits per heavy atom. The Hall–Kier alpha value is -4.22. The Labute approximate surface area is 543 Å². The van der Waals surface area contributed by atoms with Crippen LogP contribution in [0.2, 0.25) is 0 Å². The summed E-state index contributed by atoms with van der Waals surface area (Å²) in [6, 6.07) is 30.2. The molecule has 0 aliphatic carbocycles. The fourth-order valence-electron chi connectivity index (χ4n) is 13.4. The van der Waals surface area contributed by atoms with E-state index in [1.54, 1.807) is 0 Å². The van der Waals surface area contributed by atoms with Crippen molar-refractivity contribution in [3.8, 4) is 0 Å². The zero-order valence-electron chi connectivity index (χ0n) is 61.9. The van der Waals surface area contributed by atoms with E-state index in [2.05, 4.69) is 294 Å². The number of benzene rings is 6. The molecule has 0 saturated carbocycles. The average molecular weight is 1230 g/mol. The van der Waals surface area contributed by atoms with Crippen LogP contribution in [-0.2, 0) is 0 Å². The van der Waals surface area contributed by atoms with Crippen LogP contribution < -0.4 is 36.6 Å². The van der Waals surface area contributed by atoms with Crippen molar-refractivity contribution in [2.24, 2.45) is 0 Å². The molecule has 2 nitrogen and oxygen atoms in total. The Kier molecular flexibility index (Phi) is 24.5. The van der Waals surface area contributed by atoms with Gasteiger partial charge in [0.2, 0.25) is 0 Å². The summed E-state index contributed by atoms with van der Waals surface area (Å²) in [5, 5.41) is 9.07. The molecule has 6 aromatic carbocycles. The van der Waals surface area contributed by atoms with E-state index in [0.717, 1.165) is 11.4 Å². The van der Waals surface area contributed by atoms with Gasteiger partial charge in [-0.05, 0) is 231 Å². The van der Waals surface area contributed by atoms with Gasteiger partial charge >= 0.3 is 0 Å². The summed E-state index contributed by atoms with van der Waals surface area (Å²) in [4.78, 5) is 16.5. The largest absolute Gasteiger partial charge is 0.264 e. The van der Waals surface area contributed by atoms with Crippen LogP contribution in [0.3, 0.4) is 0 Å². The summed E-state index contributed by atoms with van der Waals surface area (Å²) in [5.74, 6) is 4.72. The standard InChI is InChI=1S/C84H124NOP2/c1-45(2)61-33-67(49(9)10)79(68(34-61)50(11)12)87(80-69(51(13)14)35-62(46(3)4)36-70(80)52(15)16)83-75(57(25)26)41-65(42-76(83)58(27)28)85(86)66-43-77(59(29)30)84(78(44-66)60(31)32)88(81-71(53(17)18)37-63(47(5)6)38-72(81)54(19)20)82-73(55(21)22)39-64(48(7)8)40-74(82)56(23)24/h33-60H,1-32H3/q+1. The van der Waals surface area contributed by atoms with E-state index in [-0.39, 0.29) is 23.7 Å². The smallest absolute Gasteiger partial charge is 0.0587 e. The topological polar surface area (TPSA) is 20.1 Å². The zero-order chi connectivity index (χ0) is 66.3. The molecule has 0 N–H and O–H groups in total. The lowest BCUT2D eigenvalue weighted by atomic mass is 9.89. The Morgan fingerprint density at radius 3 is 0.409 bits per heavy atom. The van der Waals surface area contributed by atoms with Crippen molar-refractivity contribution in [3.63, 3.8) is 0 Å². The van der Waals surface area contributed by atoms with Crippen LogP contribution in [0.25, 0.3) is 0 Å². The monoisotopic (exact) mass is 1220 g/mol. The van der Waals surface area contributed by atoms with Crippen molar-refractivity contribution in [1.29, 1.82) is 0 Å². The fraction of sp³-hybridized carbons (Fsp3) is 0.571. The minimum Gasteiger partial charge on any atom is -0.0587 e. The van der Waals surface area contributed by atoms with E-state index < -0.39 is 15.8 Å². The molecule has 6 aromatic rings. The number of nitrogens with zero attached hydrogens (tertiary/aromatic N) is 1. The maximum atomic E-state index is 16.5. The highest BCUT2D eigenvalue weighted by molar-refractivity contribution is 7.80. The van der Waals surface area contributed by atoms with Crippen LogP contribution in [-0.4, -0.2) is 0 Å². The van der Waals surface area contributed by atoms with Crippen LogP contribution in [0.5, 0.6) is 0 Å². The third-order valence-electron chi connectivity index (χ3n) is 19.0. The molecule has 0 spiro atoms. The fourth-order valence-corrected chi connectivity index (χ4v) is 21.7. The highest BCUT2D eigenvalue weighted by Crippen LogP contribution is 2.52. The van der Waals surface area contributed by atoms with E-state index in [4.69, 9.17) is 0 Å². The highest BCUT2D eigenvalue weighted by Gasteiger charge is 2.40. The van der Waals surface area contributed by atoms with Gasteiger partial charge < -0.3 is 0 Å². The molecule has 4 heteroatoms. The maximum Gasteiger partial charge on any atom is 0.264 e. The van der Waals surface area contributed by atoms with Gasteiger partial charge in [0.05, 0.1) is 4.76 Å². The molecule has 0 atom stereocenters. The molecule has 0 bridgehead atoms. The second-order valence-corrected chi connectivity index (χ2v) is 35.6. The van der Waals surface area contributed by atoms with Gasteiger partial charge in [0, 0.05) is 29.2 Å². The normalized spacial score (nSPS) is 12.8. The quantitative estimate of drug-likeness (QED) is 0.0437. The first-order chi connectivity index (χ1) is 40.9. The summed E-state index contributed by atoms with van der Waals surface area (Å²) < 4.78 is 1.35. The molecule has 480 valence electrons. The lowest BCUT2D eigenvalue weighted by molar-refractivity contribution is 0.810. The van der Waals surface area contributed by atoms with Gasteiger partial charge in [-0.2, -0.15) is 0 Å². The van der Waals surface area contributed by atoms with Gasteiger partial charge in [-0.15, -0.1) is 0 Å². The van der Waals surface area contributed by atoms with Crippen molar-refractivity contribution in [3.05, 3.63) is 167 Å². The predicted octanol–water partition coefficient (Wildman–Crippen LogP) is 24.8. The molecule has 0 saturated heterocycles. The lowest BCUT2D eigenvalue weighted by Gasteiger charge is -2.37. The first-order valence-electron chi connectivity index (χ1n) is 35.0. The number of rotatable bonds is 24. The van der Waals surface area contributed by atoms with E-state index in [9.17, 15) is 0 Å². The molecule has 0 aromatic heterocycles. The van der Waals surface area contributed by atoms with Crippen molar-refractivity contribution in [1.82, 2.24) is 4.76 Å². The third-order valence-corrected chi connectivity index (χ3v) is 24.8. The summed E-state index contributed by atoms with van der Waals surface area (Å²) in [6.45, 7) is 76.8. The molecule has 0 fully saturated rings. The summed E-state index contributed by atoms with van der Waals surface area (Å²) in [6.07, 6.45) is 0. The molecule has 0 aliphatic rings. The zero-order valence-corrected chi connectivity index (χ0v) is 63.7. The van der Waals surface area contributed by atoms with E-state index in [1.165, 1.54) is 126 Å². The SMILES string of the molecule is CC(C)c1cc(C(C)C)c(P(c2c(C(C)C)cc(C(C)C)cc2C(C)C)c2c(C(C)C)cc([N+](=O)c3cc(C(C)C)c(P(c4c(C(C)C)cc(C(C)C)cc4C(C)C)c4c(C(C)C)cc(C(C)C)cc4C(C)C)c(C(C)C)c3)cc2C(C)C)c(C(C)C)c1. The van der Waals surface area contributed by atoms with Crippen molar-refractivity contribution in [2.75, 3.05) is 0 Å². The van der Waals surface area contributed by atoms with Crippen LogP contribution in [0.4, 0.5) is 11.4 Å². The molecule has 0 amide bonds. The van der Waals surface area contributed by atoms with Gasteiger partial charge in [0.25, 0.3) is 11.4 Å². The van der Waals surface area contributed by atoms with Crippen LogP contribution in [0.1, 0.15) is 405 Å². The number of hydrogen-bond acceptors (Lipinski definition) is 1. The van der Waals surface area contributed by atoms with Crippen LogP contribution in [0.15, 0.2) is 72.8 Å². The predicted molar refractivity (Wildman–Crippen MR) is 401 cm³/mol. The third kappa shape index (κ3) is 15.1. The molecular formula is C84H124NOP2+. The molecule has 6 rings (SSSR count). The van der Waals surface area contributed by atoms with Crippen LogP contribution in [0, 0.1) is 4.91 Å². The van der Waals surface area contributed by atoms with E-state index in [0.29, 0.717) is 71.0 Å². The number of hydrogen-bond donors (Lipinski definition) is 0. The van der Waals surface area contributed by atoms with Gasteiger partial charge in [0.1, 0.15) is 0 Å². The molecule has 0 unspecified atom stereocenters. The van der Waals surface area contributed by atoms with Gasteiger partial charge in [0.15, 0.2) is 0 Å². The van der Waals surface area contributed by atoms with Crippen LogP contribution >= 0.6 is 15.8 Å². The summed E-state index contributed by atoms with van der Waals surface area (Å²) >= 11 is 0.